The Balaban J connectivity index is 1.67. The molecule has 4 rings (SSSR count). The zero-order valence-corrected chi connectivity index (χ0v) is 16.7. The Labute approximate surface area is 166 Å². The van der Waals surface area contributed by atoms with Gasteiger partial charge in [0.05, 0.1) is 20.3 Å². The molecule has 3 aromatic rings. The number of hydrogen-bond acceptors (Lipinski definition) is 4. The molecule has 1 N–H and O–H groups in total. The van der Waals surface area contributed by atoms with Crippen molar-refractivity contribution < 1.29 is 9.47 Å². The first-order valence-electron chi connectivity index (χ1n) is 9.71. The molecule has 0 radical (unpaired) electrons. The summed E-state index contributed by atoms with van der Waals surface area (Å²) in [5.41, 5.74) is 3.99. The van der Waals surface area contributed by atoms with Crippen molar-refractivity contribution >= 4 is 0 Å². The van der Waals surface area contributed by atoms with E-state index in [1.165, 1.54) is 11.1 Å². The lowest BCUT2D eigenvalue weighted by molar-refractivity contribution is 0.386. The maximum absolute atomic E-state index is 5.50. The first-order chi connectivity index (χ1) is 13.7. The van der Waals surface area contributed by atoms with Crippen molar-refractivity contribution in [3.8, 4) is 11.5 Å². The van der Waals surface area contributed by atoms with Crippen molar-refractivity contribution in [1.29, 1.82) is 0 Å². The average Bonchev–Trinajstić information content (AvgIpc) is 3.17. The molecule has 0 spiro atoms. The smallest absolute Gasteiger partial charge is 0.130 e. The third kappa shape index (κ3) is 3.76. The van der Waals surface area contributed by atoms with Crippen LogP contribution >= 0.6 is 0 Å². The summed E-state index contributed by atoms with van der Waals surface area (Å²) >= 11 is 0. The van der Waals surface area contributed by atoms with E-state index in [4.69, 9.17) is 9.47 Å². The number of nitrogens with zero attached hydrogens (tertiary/aromatic N) is 2. The molecule has 0 saturated heterocycles. The van der Waals surface area contributed by atoms with Crippen molar-refractivity contribution in [2.24, 2.45) is 7.05 Å². The van der Waals surface area contributed by atoms with E-state index in [2.05, 4.69) is 51.3 Å². The highest BCUT2D eigenvalue weighted by Gasteiger charge is 2.26. The summed E-state index contributed by atoms with van der Waals surface area (Å²) in [6.07, 6.45) is 7.06. The highest BCUT2D eigenvalue weighted by molar-refractivity contribution is 5.42. The molecule has 0 fully saturated rings. The normalized spacial score (nSPS) is 17.0. The van der Waals surface area contributed by atoms with Crippen LogP contribution in [-0.4, -0.2) is 29.8 Å². The second-order valence-electron chi connectivity index (χ2n) is 7.35. The number of ether oxygens (including phenoxy) is 2. The van der Waals surface area contributed by atoms with Gasteiger partial charge in [0, 0.05) is 31.5 Å². The highest BCUT2D eigenvalue weighted by Crippen LogP contribution is 2.31. The summed E-state index contributed by atoms with van der Waals surface area (Å²) in [4.78, 5) is 4.63. The zero-order valence-electron chi connectivity index (χ0n) is 16.7. The van der Waals surface area contributed by atoms with Crippen LogP contribution in [0.2, 0.25) is 0 Å². The lowest BCUT2D eigenvalue weighted by atomic mass is 9.87. The third-order valence-electron chi connectivity index (χ3n) is 5.57. The van der Waals surface area contributed by atoms with E-state index in [9.17, 15) is 0 Å². The Hall–Kier alpha value is -2.79. The summed E-state index contributed by atoms with van der Waals surface area (Å²) in [7, 11) is 5.39. The molecule has 2 unspecified atom stereocenters. The van der Waals surface area contributed by atoms with Crippen LogP contribution in [-0.2, 0) is 19.9 Å². The zero-order chi connectivity index (χ0) is 19.5. The van der Waals surface area contributed by atoms with Gasteiger partial charge in [-0.3, -0.25) is 0 Å². The first kappa shape index (κ1) is 18.6. The van der Waals surface area contributed by atoms with Crippen LogP contribution in [0.15, 0.2) is 54.9 Å². The second kappa shape index (κ2) is 8.07. The molecule has 0 bridgehead atoms. The molecular formula is C23H27N3O2. The minimum atomic E-state index is -0.0423. The first-order valence-corrected chi connectivity index (χ1v) is 9.71. The van der Waals surface area contributed by atoms with E-state index in [0.29, 0.717) is 6.04 Å². The fourth-order valence-electron chi connectivity index (χ4n) is 4.05. The molecule has 2 aromatic carbocycles. The quantitative estimate of drug-likeness (QED) is 0.712. The summed E-state index contributed by atoms with van der Waals surface area (Å²) in [6.45, 7) is 0. The number of fused-ring (bicyclic) bond motifs is 1. The number of imidazole rings is 1. The van der Waals surface area contributed by atoms with E-state index in [1.807, 2.05) is 25.5 Å². The van der Waals surface area contributed by atoms with E-state index in [1.54, 1.807) is 14.2 Å². The topological polar surface area (TPSA) is 48.3 Å². The van der Waals surface area contributed by atoms with Gasteiger partial charge in [-0.2, -0.15) is 0 Å². The van der Waals surface area contributed by atoms with Crippen LogP contribution in [0.5, 0.6) is 11.5 Å². The summed E-state index contributed by atoms with van der Waals surface area (Å²) in [6, 6.07) is 15.1. The average molecular weight is 377 g/mol. The van der Waals surface area contributed by atoms with Gasteiger partial charge < -0.3 is 19.4 Å². The predicted molar refractivity (Wildman–Crippen MR) is 110 cm³/mol. The summed E-state index contributed by atoms with van der Waals surface area (Å²) < 4.78 is 13.1. The lowest BCUT2D eigenvalue weighted by Gasteiger charge is -2.30. The van der Waals surface area contributed by atoms with Crippen molar-refractivity contribution in [3.63, 3.8) is 0 Å². The molecule has 0 amide bonds. The van der Waals surface area contributed by atoms with Crippen LogP contribution in [0.25, 0.3) is 0 Å². The number of hydrogen-bond donors (Lipinski definition) is 1. The second-order valence-corrected chi connectivity index (χ2v) is 7.35. The van der Waals surface area contributed by atoms with Gasteiger partial charge in [-0.1, -0.05) is 24.3 Å². The summed E-state index contributed by atoms with van der Waals surface area (Å²) in [5, 5.41) is 3.86. The van der Waals surface area contributed by atoms with Gasteiger partial charge in [-0.15, -0.1) is 0 Å². The Morgan fingerprint density at radius 2 is 1.79 bits per heavy atom. The van der Waals surface area contributed by atoms with Gasteiger partial charge in [0.1, 0.15) is 17.3 Å². The van der Waals surface area contributed by atoms with Crippen LogP contribution in [0.1, 0.15) is 35.0 Å². The van der Waals surface area contributed by atoms with Gasteiger partial charge in [-0.05, 0) is 48.1 Å². The molecule has 146 valence electrons. The van der Waals surface area contributed by atoms with Gasteiger partial charge >= 0.3 is 0 Å². The molecule has 2 atom stereocenters. The molecular weight excluding hydrogens is 350 g/mol. The van der Waals surface area contributed by atoms with E-state index >= 15 is 0 Å². The molecule has 5 heteroatoms. The lowest BCUT2D eigenvalue weighted by Crippen LogP contribution is -2.38. The SMILES string of the molecule is COc1cc(OC)cc(C(NC2CCc3ccccc3C2)c2nccn2C)c1. The van der Waals surface area contributed by atoms with Crippen molar-refractivity contribution in [2.75, 3.05) is 14.2 Å². The maximum atomic E-state index is 5.50. The van der Waals surface area contributed by atoms with Crippen LogP contribution in [0.4, 0.5) is 0 Å². The standard InChI is InChI=1S/C23H27N3O2/c1-26-11-10-24-23(26)22(18-13-20(27-2)15-21(14-18)28-3)25-19-9-8-16-6-4-5-7-17(16)12-19/h4-7,10-11,13-15,19,22,25H,8-9,12H2,1-3H3. The van der Waals surface area contributed by atoms with Crippen molar-refractivity contribution in [2.45, 2.75) is 31.3 Å². The van der Waals surface area contributed by atoms with Gasteiger partial charge in [0.2, 0.25) is 0 Å². The Bertz CT molecular complexity index is 928. The maximum Gasteiger partial charge on any atom is 0.130 e. The highest BCUT2D eigenvalue weighted by atomic mass is 16.5. The van der Waals surface area contributed by atoms with Gasteiger partial charge in [-0.25, -0.2) is 4.98 Å². The number of aromatic nitrogens is 2. The van der Waals surface area contributed by atoms with Gasteiger partial charge in [0.15, 0.2) is 0 Å². The Kier molecular flexibility index (Phi) is 5.35. The van der Waals surface area contributed by atoms with Crippen LogP contribution in [0.3, 0.4) is 0 Å². The summed E-state index contributed by atoms with van der Waals surface area (Å²) in [5.74, 6) is 2.54. The molecule has 0 saturated carbocycles. The largest absolute Gasteiger partial charge is 0.497 e. The number of aryl methyl sites for hydroxylation is 2. The third-order valence-corrected chi connectivity index (χ3v) is 5.57. The number of methoxy groups -OCH3 is 2. The predicted octanol–water partition coefficient (Wildman–Crippen LogP) is 3.67. The van der Waals surface area contributed by atoms with Crippen molar-refractivity contribution in [3.05, 3.63) is 77.4 Å². The van der Waals surface area contributed by atoms with Crippen LogP contribution < -0.4 is 14.8 Å². The number of nitrogens with one attached hydrogen (secondary N) is 1. The fourth-order valence-corrected chi connectivity index (χ4v) is 4.05. The number of benzene rings is 2. The van der Waals surface area contributed by atoms with Crippen LogP contribution in [0, 0.1) is 0 Å². The molecule has 1 heterocycles. The number of rotatable bonds is 6. The molecule has 28 heavy (non-hydrogen) atoms. The van der Waals surface area contributed by atoms with E-state index in [-0.39, 0.29) is 6.04 Å². The van der Waals surface area contributed by atoms with E-state index < -0.39 is 0 Å². The Morgan fingerprint density at radius 3 is 2.43 bits per heavy atom. The molecule has 1 aliphatic carbocycles. The van der Waals surface area contributed by atoms with Gasteiger partial charge in [0.25, 0.3) is 0 Å². The minimum absolute atomic E-state index is 0.0423. The fraction of sp³-hybridized carbons (Fsp3) is 0.348. The molecule has 0 aliphatic heterocycles. The molecule has 5 nitrogen and oxygen atoms in total. The molecule has 1 aromatic heterocycles. The van der Waals surface area contributed by atoms with Crippen molar-refractivity contribution in [1.82, 2.24) is 14.9 Å². The Morgan fingerprint density at radius 1 is 1.07 bits per heavy atom. The minimum Gasteiger partial charge on any atom is -0.497 e. The van der Waals surface area contributed by atoms with E-state index in [0.717, 1.165) is 42.1 Å². The molecule has 1 aliphatic rings. The monoisotopic (exact) mass is 377 g/mol.